The highest BCUT2D eigenvalue weighted by atomic mass is 16.3. The number of hydrogen-bond donors (Lipinski definition) is 1. The fraction of sp³-hybridized carbons (Fsp3) is 0.100. The Morgan fingerprint density at radius 3 is 2.36 bits per heavy atom. The maximum Gasteiger partial charge on any atom is 0.115 e. The summed E-state index contributed by atoms with van der Waals surface area (Å²) in [7, 11) is 0. The highest BCUT2D eigenvalue weighted by molar-refractivity contribution is 5.53. The molecule has 1 nitrogen and oxygen atoms in total. The van der Waals surface area contributed by atoms with Crippen LogP contribution in [0.4, 0.5) is 0 Å². The molecular formula is C10H11O. The Hall–Kier alpha value is -1.24. The van der Waals surface area contributed by atoms with E-state index >= 15 is 0 Å². The molecular weight excluding hydrogens is 136 g/mol. The second kappa shape index (κ2) is 3.24. The number of phenolic OH excluding ortho intramolecular Hbond substituents is 1. The van der Waals surface area contributed by atoms with Crippen LogP contribution in [0.3, 0.4) is 0 Å². The van der Waals surface area contributed by atoms with Crippen LogP contribution < -0.4 is 0 Å². The van der Waals surface area contributed by atoms with Gasteiger partial charge in [0.25, 0.3) is 0 Å². The van der Waals surface area contributed by atoms with Crippen molar-refractivity contribution < 1.29 is 5.11 Å². The fourth-order valence-electron chi connectivity index (χ4n) is 0.855. The standard InChI is InChI=1S/C10H11O/c1-8(2)7-9-3-5-10(11)6-4-9/h3-7,11H,1H2,2H3. The first-order valence-corrected chi connectivity index (χ1v) is 3.48. The quantitative estimate of drug-likeness (QED) is 0.647. The Labute approximate surface area is 67.0 Å². The lowest BCUT2D eigenvalue weighted by Crippen LogP contribution is -1.71. The van der Waals surface area contributed by atoms with Crippen LogP contribution in [-0.4, -0.2) is 5.11 Å². The van der Waals surface area contributed by atoms with Crippen molar-refractivity contribution in [1.82, 2.24) is 0 Å². The molecule has 0 saturated carbocycles. The third kappa shape index (κ3) is 2.46. The van der Waals surface area contributed by atoms with Gasteiger partial charge in [0.1, 0.15) is 5.75 Å². The van der Waals surface area contributed by atoms with E-state index in [4.69, 9.17) is 5.11 Å². The molecule has 0 unspecified atom stereocenters. The first-order valence-electron chi connectivity index (χ1n) is 3.48. The lowest BCUT2D eigenvalue weighted by atomic mass is 10.1. The maximum atomic E-state index is 8.95. The van der Waals surface area contributed by atoms with Gasteiger partial charge < -0.3 is 5.11 Å². The predicted molar refractivity (Wildman–Crippen MR) is 47.1 cm³/mol. The molecule has 11 heavy (non-hydrogen) atoms. The number of rotatable bonds is 1. The Morgan fingerprint density at radius 2 is 1.91 bits per heavy atom. The second-order valence-electron chi connectivity index (χ2n) is 2.58. The molecule has 0 atom stereocenters. The summed E-state index contributed by atoms with van der Waals surface area (Å²) in [5, 5.41) is 8.95. The van der Waals surface area contributed by atoms with Gasteiger partial charge >= 0.3 is 0 Å². The van der Waals surface area contributed by atoms with Crippen molar-refractivity contribution in [3.05, 3.63) is 42.3 Å². The summed E-state index contributed by atoms with van der Waals surface area (Å²) in [5.41, 5.74) is 2.07. The van der Waals surface area contributed by atoms with Gasteiger partial charge in [-0.15, -0.1) is 0 Å². The predicted octanol–water partition coefficient (Wildman–Crippen LogP) is 2.63. The smallest absolute Gasteiger partial charge is 0.115 e. The summed E-state index contributed by atoms with van der Waals surface area (Å²) in [4.78, 5) is 0. The molecule has 0 aliphatic heterocycles. The number of aromatic hydroxyl groups is 1. The zero-order valence-corrected chi connectivity index (χ0v) is 6.54. The van der Waals surface area contributed by atoms with Gasteiger partial charge in [-0.2, -0.15) is 0 Å². The first kappa shape index (κ1) is 7.86. The average Bonchev–Trinajstić information content (AvgIpc) is 1.93. The Morgan fingerprint density at radius 1 is 1.36 bits per heavy atom. The zero-order chi connectivity index (χ0) is 8.27. The van der Waals surface area contributed by atoms with E-state index in [-0.39, 0.29) is 0 Å². The minimum atomic E-state index is 0.295. The van der Waals surface area contributed by atoms with Crippen molar-refractivity contribution in [2.24, 2.45) is 0 Å². The third-order valence-electron chi connectivity index (χ3n) is 1.31. The summed E-state index contributed by atoms with van der Waals surface area (Å²) in [6, 6.07) is 7.03. The van der Waals surface area contributed by atoms with Gasteiger partial charge in [-0.1, -0.05) is 23.8 Å². The molecule has 1 rings (SSSR count). The van der Waals surface area contributed by atoms with Crippen LogP contribution in [0.25, 0.3) is 6.08 Å². The maximum absolute atomic E-state index is 8.95. The molecule has 1 aromatic carbocycles. The van der Waals surface area contributed by atoms with E-state index in [9.17, 15) is 0 Å². The summed E-state index contributed by atoms with van der Waals surface area (Å²) < 4.78 is 0. The number of benzene rings is 1. The van der Waals surface area contributed by atoms with Crippen molar-refractivity contribution in [3.63, 3.8) is 0 Å². The number of hydrogen-bond acceptors (Lipinski definition) is 1. The molecule has 0 spiro atoms. The monoisotopic (exact) mass is 147 g/mol. The molecule has 1 N–H and O–H groups in total. The Bertz CT molecular complexity index is 253. The average molecular weight is 147 g/mol. The summed E-state index contributed by atoms with van der Waals surface area (Å²) in [6.07, 6.45) is 1.96. The van der Waals surface area contributed by atoms with Gasteiger partial charge in [-0.05, 0) is 31.5 Å². The molecule has 0 aromatic heterocycles. The van der Waals surface area contributed by atoms with Crippen LogP contribution in [0.2, 0.25) is 0 Å². The SMILES string of the molecule is [CH2]C(C)=Cc1ccc(O)cc1. The summed E-state index contributed by atoms with van der Waals surface area (Å²) in [5.74, 6) is 0.295. The normalized spacial score (nSPS) is 11.6. The third-order valence-corrected chi connectivity index (χ3v) is 1.31. The molecule has 1 radical (unpaired) electrons. The molecule has 1 heteroatoms. The Balaban J connectivity index is 2.91. The molecule has 1 aromatic rings. The lowest BCUT2D eigenvalue weighted by Gasteiger charge is -1.94. The lowest BCUT2D eigenvalue weighted by molar-refractivity contribution is 0.475. The summed E-state index contributed by atoms with van der Waals surface area (Å²) in [6.45, 7) is 5.69. The van der Waals surface area contributed by atoms with Crippen molar-refractivity contribution >= 4 is 6.08 Å². The number of allylic oxidation sites excluding steroid dienone is 1. The van der Waals surface area contributed by atoms with Gasteiger partial charge in [0, 0.05) is 0 Å². The van der Waals surface area contributed by atoms with E-state index < -0.39 is 0 Å². The van der Waals surface area contributed by atoms with Crippen molar-refractivity contribution in [2.75, 3.05) is 0 Å². The largest absolute Gasteiger partial charge is 0.508 e. The van der Waals surface area contributed by atoms with E-state index in [1.54, 1.807) is 12.1 Å². The van der Waals surface area contributed by atoms with E-state index in [0.717, 1.165) is 11.1 Å². The van der Waals surface area contributed by atoms with Crippen LogP contribution in [-0.2, 0) is 0 Å². The van der Waals surface area contributed by atoms with E-state index in [2.05, 4.69) is 6.92 Å². The summed E-state index contributed by atoms with van der Waals surface area (Å²) >= 11 is 0. The van der Waals surface area contributed by atoms with Crippen LogP contribution >= 0.6 is 0 Å². The second-order valence-corrected chi connectivity index (χ2v) is 2.58. The molecule has 0 fully saturated rings. The molecule has 0 heterocycles. The van der Waals surface area contributed by atoms with Gasteiger partial charge in [0.05, 0.1) is 0 Å². The highest BCUT2D eigenvalue weighted by Crippen LogP contribution is 2.11. The minimum Gasteiger partial charge on any atom is -0.508 e. The van der Waals surface area contributed by atoms with E-state index in [1.165, 1.54) is 0 Å². The molecule has 0 amide bonds. The van der Waals surface area contributed by atoms with Crippen molar-refractivity contribution in [1.29, 1.82) is 0 Å². The molecule has 0 aliphatic rings. The van der Waals surface area contributed by atoms with Crippen molar-refractivity contribution in [3.8, 4) is 5.75 Å². The number of phenols is 1. The Kier molecular flexibility index (Phi) is 2.32. The van der Waals surface area contributed by atoms with Crippen molar-refractivity contribution in [2.45, 2.75) is 6.92 Å². The highest BCUT2D eigenvalue weighted by Gasteiger charge is 1.87. The molecule has 0 saturated heterocycles. The zero-order valence-electron chi connectivity index (χ0n) is 6.54. The molecule has 0 aliphatic carbocycles. The van der Waals surface area contributed by atoms with Gasteiger partial charge in [0.15, 0.2) is 0 Å². The van der Waals surface area contributed by atoms with Gasteiger partial charge in [-0.3, -0.25) is 0 Å². The topological polar surface area (TPSA) is 20.2 Å². The van der Waals surface area contributed by atoms with Crippen LogP contribution in [0.1, 0.15) is 12.5 Å². The van der Waals surface area contributed by atoms with E-state index in [0.29, 0.717) is 5.75 Å². The van der Waals surface area contributed by atoms with Crippen LogP contribution in [0.5, 0.6) is 5.75 Å². The van der Waals surface area contributed by atoms with Crippen LogP contribution in [0, 0.1) is 6.92 Å². The fourth-order valence-corrected chi connectivity index (χ4v) is 0.855. The van der Waals surface area contributed by atoms with Gasteiger partial charge in [-0.25, -0.2) is 0 Å². The first-order chi connectivity index (χ1) is 5.18. The molecule has 0 bridgehead atoms. The van der Waals surface area contributed by atoms with Gasteiger partial charge in [0.2, 0.25) is 0 Å². The van der Waals surface area contributed by atoms with E-state index in [1.807, 2.05) is 25.1 Å². The minimum absolute atomic E-state index is 0.295. The van der Waals surface area contributed by atoms with Crippen LogP contribution in [0.15, 0.2) is 29.8 Å². The molecule has 57 valence electrons.